The number of amides is 1. The predicted octanol–water partition coefficient (Wildman–Crippen LogP) is 12.8. The fraction of sp³-hybridized carbons (Fsp3) is 0.729. The van der Waals surface area contributed by atoms with Gasteiger partial charge in [-0.15, -0.1) is 0 Å². The summed E-state index contributed by atoms with van der Waals surface area (Å²) in [5.41, 5.74) is 0. The van der Waals surface area contributed by atoms with Crippen molar-refractivity contribution < 1.29 is 64.6 Å². The van der Waals surface area contributed by atoms with Crippen LogP contribution < -0.4 is 5.32 Å². The minimum atomic E-state index is -1.79. The van der Waals surface area contributed by atoms with Crippen LogP contribution in [0.25, 0.3) is 0 Å². The Balaban J connectivity index is 1.62. The number of aliphatic hydroxyl groups is 8. The summed E-state index contributed by atoms with van der Waals surface area (Å²) in [4.78, 5) is 13.3. The minimum Gasteiger partial charge on any atom is -0.394 e. The van der Waals surface area contributed by atoms with Crippen LogP contribution in [0.5, 0.6) is 0 Å². The highest BCUT2D eigenvalue weighted by atomic mass is 16.7. The van der Waals surface area contributed by atoms with Gasteiger partial charge in [0, 0.05) is 6.42 Å². The Morgan fingerprint density at radius 2 is 0.821 bits per heavy atom. The van der Waals surface area contributed by atoms with Crippen LogP contribution in [0.3, 0.4) is 0 Å². The standard InChI is InChI=1S/C70H119NO13/c1-3-5-7-9-11-13-15-17-18-19-20-21-22-23-24-25-26-27-28-29-30-31-32-33-34-35-36-37-38-39-40-42-44-46-48-50-52-54-62(75)71-58(59(74)53-51-49-47-45-43-41-16-14-12-10-8-6-4-2)57-81-69-67(80)65(78)68(61(56-73)83-69)84-70-66(79)64(77)63(76)60(55-72)82-70/h5,7,11,13,17-18,20-21,23-24,26-27,29-30,32-33,51,53,58-61,63-70,72-74,76-80H,3-4,6,8-10,12,14-16,19,22,25,28,31,34-50,52,54-57H2,1-2H3,(H,71,75)/b7-5-,13-11-,18-17-,21-20-,24-23-,27-26-,30-29-,33-32-,53-51+. The van der Waals surface area contributed by atoms with Crippen LogP contribution in [0.4, 0.5) is 0 Å². The zero-order valence-corrected chi connectivity index (χ0v) is 52.1. The van der Waals surface area contributed by atoms with Crippen molar-refractivity contribution in [2.24, 2.45) is 0 Å². The molecule has 12 unspecified atom stereocenters. The first-order valence-electron chi connectivity index (χ1n) is 33.1. The second kappa shape index (κ2) is 53.9. The number of hydrogen-bond acceptors (Lipinski definition) is 13. The number of aliphatic hydroxyl groups excluding tert-OH is 8. The molecule has 9 N–H and O–H groups in total. The zero-order chi connectivity index (χ0) is 60.9. The third-order valence-corrected chi connectivity index (χ3v) is 15.5. The smallest absolute Gasteiger partial charge is 0.220 e. The van der Waals surface area contributed by atoms with Gasteiger partial charge < -0.3 is 65.1 Å². The van der Waals surface area contributed by atoms with Gasteiger partial charge in [-0.2, -0.15) is 0 Å². The van der Waals surface area contributed by atoms with E-state index in [-0.39, 0.29) is 18.9 Å². The Labute approximate surface area is 508 Å². The molecule has 0 bridgehead atoms. The lowest BCUT2D eigenvalue weighted by Crippen LogP contribution is -2.65. The molecule has 2 rings (SSSR count). The number of rotatable bonds is 52. The third-order valence-electron chi connectivity index (χ3n) is 15.5. The summed E-state index contributed by atoms with van der Waals surface area (Å²) in [6, 6.07) is -0.921. The molecule has 2 aliphatic heterocycles. The largest absolute Gasteiger partial charge is 0.394 e. The van der Waals surface area contributed by atoms with Crippen LogP contribution >= 0.6 is 0 Å². The van der Waals surface area contributed by atoms with Gasteiger partial charge >= 0.3 is 0 Å². The van der Waals surface area contributed by atoms with Crippen LogP contribution in [-0.4, -0.2) is 140 Å². The number of carbonyl (C=O) groups is 1. The summed E-state index contributed by atoms with van der Waals surface area (Å²) >= 11 is 0. The average molecular weight is 1180 g/mol. The predicted molar refractivity (Wildman–Crippen MR) is 341 cm³/mol. The lowest BCUT2D eigenvalue weighted by Gasteiger charge is -2.46. The van der Waals surface area contributed by atoms with Gasteiger partial charge in [0.2, 0.25) is 5.91 Å². The lowest BCUT2D eigenvalue weighted by atomic mass is 9.97. The van der Waals surface area contributed by atoms with Crippen molar-refractivity contribution in [1.82, 2.24) is 5.32 Å². The van der Waals surface area contributed by atoms with E-state index in [4.69, 9.17) is 18.9 Å². The van der Waals surface area contributed by atoms with Gasteiger partial charge in [-0.1, -0.05) is 252 Å². The molecule has 14 heteroatoms. The molecule has 0 aliphatic carbocycles. The fourth-order valence-electron chi connectivity index (χ4n) is 10.2. The number of nitrogens with one attached hydrogen (secondary N) is 1. The molecule has 84 heavy (non-hydrogen) atoms. The maximum atomic E-state index is 13.3. The molecule has 14 nitrogen and oxygen atoms in total. The quantitative estimate of drug-likeness (QED) is 0.0204. The van der Waals surface area contributed by atoms with Gasteiger partial charge in [-0.25, -0.2) is 0 Å². The van der Waals surface area contributed by atoms with E-state index in [1.807, 2.05) is 6.08 Å². The van der Waals surface area contributed by atoms with Crippen molar-refractivity contribution in [3.05, 3.63) is 109 Å². The number of carbonyl (C=O) groups excluding carboxylic acids is 1. The first-order chi connectivity index (χ1) is 41.1. The zero-order valence-electron chi connectivity index (χ0n) is 52.1. The molecule has 12 atom stereocenters. The average Bonchev–Trinajstić information content (AvgIpc) is 2.58. The highest BCUT2D eigenvalue weighted by Crippen LogP contribution is 2.30. The highest BCUT2D eigenvalue weighted by molar-refractivity contribution is 5.76. The van der Waals surface area contributed by atoms with E-state index in [9.17, 15) is 45.6 Å². The van der Waals surface area contributed by atoms with Gasteiger partial charge in [-0.3, -0.25) is 4.79 Å². The van der Waals surface area contributed by atoms with Crippen LogP contribution in [0, 0.1) is 0 Å². The van der Waals surface area contributed by atoms with E-state index in [2.05, 4.69) is 116 Å². The Morgan fingerprint density at radius 1 is 0.440 bits per heavy atom. The van der Waals surface area contributed by atoms with Crippen LogP contribution in [0.1, 0.15) is 232 Å². The third kappa shape index (κ3) is 38.0. The van der Waals surface area contributed by atoms with E-state index in [0.717, 1.165) is 96.3 Å². The van der Waals surface area contributed by atoms with Crippen molar-refractivity contribution in [3.63, 3.8) is 0 Å². The van der Waals surface area contributed by atoms with Crippen molar-refractivity contribution in [3.8, 4) is 0 Å². The minimum absolute atomic E-state index is 0.246. The molecule has 2 aliphatic rings. The Bertz CT molecular complexity index is 1820. The molecule has 0 aromatic rings. The van der Waals surface area contributed by atoms with E-state index in [1.54, 1.807) is 6.08 Å². The number of unbranched alkanes of at least 4 members (excludes halogenated alkanes) is 23. The molecular formula is C70H119NO13. The van der Waals surface area contributed by atoms with Crippen molar-refractivity contribution in [2.45, 2.75) is 306 Å². The molecule has 2 fully saturated rings. The van der Waals surface area contributed by atoms with E-state index in [1.165, 1.54) is 109 Å². The summed E-state index contributed by atoms with van der Waals surface area (Å²) in [5.74, 6) is -0.246. The van der Waals surface area contributed by atoms with Gasteiger partial charge in [0.1, 0.15) is 48.8 Å². The number of hydrogen-bond donors (Lipinski definition) is 9. The molecule has 1 amide bonds. The molecule has 0 spiro atoms. The molecule has 0 aromatic heterocycles. The van der Waals surface area contributed by atoms with Crippen molar-refractivity contribution in [2.75, 3.05) is 19.8 Å². The molecule has 0 radical (unpaired) electrons. The summed E-state index contributed by atoms with van der Waals surface area (Å²) < 4.78 is 22.8. The molecule has 0 aromatic carbocycles. The Hall–Kier alpha value is -3.35. The number of ether oxygens (including phenoxy) is 4. The van der Waals surface area contributed by atoms with Gasteiger partial charge in [0.15, 0.2) is 12.6 Å². The van der Waals surface area contributed by atoms with Gasteiger partial charge in [-0.05, 0) is 83.5 Å². The molecule has 2 saturated heterocycles. The summed E-state index contributed by atoms with van der Waals surface area (Å²) in [5, 5.41) is 87.1. The molecule has 2 heterocycles. The van der Waals surface area contributed by atoms with Crippen LogP contribution in [0.2, 0.25) is 0 Å². The van der Waals surface area contributed by atoms with Gasteiger partial charge in [0.05, 0.1) is 32.0 Å². The van der Waals surface area contributed by atoms with Gasteiger partial charge in [0.25, 0.3) is 0 Å². The topological polar surface area (TPSA) is 228 Å². The van der Waals surface area contributed by atoms with Crippen molar-refractivity contribution >= 4 is 5.91 Å². The SMILES string of the molecule is CC/C=C\C/C=C\C/C=C\C/C=C\C/C=C\C/C=C\C/C=C\C/C=C\CCCCCCCCCCCCCCC(=O)NC(COC1OC(CO)C(OC2OC(CO)C(O)C(O)C2O)C(O)C1O)C(O)/C=C/CCCCCCCCCCCCC. The molecule has 482 valence electrons. The molecular weight excluding hydrogens is 1060 g/mol. The number of allylic oxidation sites excluding steroid dienone is 17. The second-order valence-corrected chi connectivity index (χ2v) is 22.9. The summed E-state index contributed by atoms with van der Waals surface area (Å²) in [6.45, 7) is 2.67. The highest BCUT2D eigenvalue weighted by Gasteiger charge is 2.51. The van der Waals surface area contributed by atoms with E-state index >= 15 is 0 Å². The summed E-state index contributed by atoms with van der Waals surface area (Å²) in [6.07, 6.45) is 60.0. The maximum absolute atomic E-state index is 13.3. The Kier molecular flexibility index (Phi) is 49.2. The lowest BCUT2D eigenvalue weighted by molar-refractivity contribution is -0.359. The fourth-order valence-corrected chi connectivity index (χ4v) is 10.2. The maximum Gasteiger partial charge on any atom is 0.220 e. The second-order valence-electron chi connectivity index (χ2n) is 22.9. The van der Waals surface area contributed by atoms with E-state index < -0.39 is 86.8 Å². The normalized spacial score (nSPS) is 24.4. The van der Waals surface area contributed by atoms with E-state index in [0.29, 0.717) is 6.42 Å². The van der Waals surface area contributed by atoms with Crippen LogP contribution in [0.15, 0.2) is 109 Å². The molecule has 0 saturated carbocycles. The first kappa shape index (κ1) is 76.7. The first-order valence-corrected chi connectivity index (χ1v) is 33.1. The Morgan fingerprint density at radius 3 is 1.26 bits per heavy atom. The summed E-state index contributed by atoms with van der Waals surface area (Å²) in [7, 11) is 0. The van der Waals surface area contributed by atoms with Crippen LogP contribution in [-0.2, 0) is 23.7 Å². The monoisotopic (exact) mass is 1180 g/mol. The van der Waals surface area contributed by atoms with Crippen molar-refractivity contribution in [1.29, 1.82) is 0 Å².